The van der Waals surface area contributed by atoms with Gasteiger partial charge in [0, 0.05) is 31.6 Å². The van der Waals surface area contributed by atoms with Gasteiger partial charge in [0.05, 0.1) is 0 Å². The Bertz CT molecular complexity index is 861. The molecule has 0 amide bonds. The minimum atomic E-state index is -5.93. The zero-order chi connectivity index (χ0) is 23.1. The predicted molar refractivity (Wildman–Crippen MR) is 91.8 cm³/mol. The number of carbonyl (C=O) groups is 3. The lowest BCUT2D eigenvalue weighted by atomic mass is 9.68. The SMILES string of the molecule is COC(OC)c1nc(C(F)(F)C(F)(F)F)ccc1C(=O)C1C(=O)CCC(C)(C)C1=O. The molecule has 1 aliphatic carbocycles. The second-order valence-electron chi connectivity index (χ2n) is 7.52. The van der Waals surface area contributed by atoms with Crippen LogP contribution in [0.1, 0.15) is 54.7 Å². The average Bonchev–Trinajstić information content (AvgIpc) is 2.65. The van der Waals surface area contributed by atoms with Crippen molar-refractivity contribution in [1.29, 1.82) is 0 Å². The standard InChI is InChI=1S/C19H20F5NO5/c1-17(2)8-7-10(26)12(15(17)28)14(27)9-5-6-11(18(20,21)19(22,23)24)25-13(9)16(29-3)30-4/h5-6,12,16H,7-8H2,1-4H3. The number of methoxy groups -OCH3 is 2. The summed E-state index contributed by atoms with van der Waals surface area (Å²) < 4.78 is 75.5. The van der Waals surface area contributed by atoms with Crippen molar-refractivity contribution >= 4 is 17.3 Å². The van der Waals surface area contributed by atoms with Crippen molar-refractivity contribution in [2.45, 2.75) is 45.1 Å². The van der Waals surface area contributed by atoms with Crippen LogP contribution < -0.4 is 0 Å². The van der Waals surface area contributed by atoms with E-state index in [2.05, 4.69) is 4.98 Å². The number of hydrogen-bond donors (Lipinski definition) is 0. The maximum absolute atomic E-state index is 13.8. The van der Waals surface area contributed by atoms with Crippen LogP contribution in [-0.4, -0.2) is 42.7 Å². The van der Waals surface area contributed by atoms with Crippen LogP contribution in [0.3, 0.4) is 0 Å². The molecule has 11 heteroatoms. The monoisotopic (exact) mass is 437 g/mol. The normalized spacial score (nSPS) is 20.0. The first kappa shape index (κ1) is 24.0. The predicted octanol–water partition coefficient (Wildman–Crippen LogP) is 3.78. The largest absolute Gasteiger partial charge is 0.459 e. The molecule has 1 aliphatic rings. The molecule has 1 saturated carbocycles. The molecule has 0 radical (unpaired) electrons. The first-order valence-corrected chi connectivity index (χ1v) is 8.81. The molecule has 30 heavy (non-hydrogen) atoms. The van der Waals surface area contributed by atoms with Crippen LogP contribution in [-0.2, 0) is 25.0 Å². The third-order valence-corrected chi connectivity index (χ3v) is 5.03. The number of pyridine rings is 1. The molecule has 6 nitrogen and oxygen atoms in total. The van der Waals surface area contributed by atoms with Crippen molar-refractivity contribution in [3.8, 4) is 0 Å². The fraction of sp³-hybridized carbons (Fsp3) is 0.579. The Kier molecular flexibility index (Phi) is 6.48. The number of ether oxygens (including phenoxy) is 2. The van der Waals surface area contributed by atoms with Crippen molar-refractivity contribution in [1.82, 2.24) is 4.98 Å². The van der Waals surface area contributed by atoms with E-state index in [1.165, 1.54) is 0 Å². The molecular weight excluding hydrogens is 417 g/mol. The third kappa shape index (κ3) is 4.13. The Morgan fingerprint density at radius 3 is 2.20 bits per heavy atom. The number of aromatic nitrogens is 1. The Balaban J connectivity index is 2.63. The highest BCUT2D eigenvalue weighted by Gasteiger charge is 2.60. The number of nitrogens with zero attached hydrogens (tertiary/aromatic N) is 1. The molecule has 1 aromatic heterocycles. The summed E-state index contributed by atoms with van der Waals surface area (Å²) in [5, 5.41) is 0. The molecule has 1 aromatic rings. The van der Waals surface area contributed by atoms with Gasteiger partial charge in [-0.2, -0.15) is 22.0 Å². The highest BCUT2D eigenvalue weighted by molar-refractivity contribution is 6.26. The highest BCUT2D eigenvalue weighted by atomic mass is 19.4. The molecule has 0 spiro atoms. The fourth-order valence-corrected chi connectivity index (χ4v) is 3.16. The molecule has 0 aromatic carbocycles. The summed E-state index contributed by atoms with van der Waals surface area (Å²) in [5.74, 6) is -9.40. The molecule has 1 unspecified atom stereocenters. The lowest BCUT2D eigenvalue weighted by molar-refractivity contribution is -0.291. The van der Waals surface area contributed by atoms with Gasteiger partial charge in [-0.1, -0.05) is 13.8 Å². The molecule has 1 heterocycles. The van der Waals surface area contributed by atoms with E-state index in [1.807, 2.05) is 0 Å². The first-order valence-electron chi connectivity index (χ1n) is 8.81. The molecule has 0 saturated heterocycles. The van der Waals surface area contributed by atoms with Crippen molar-refractivity contribution in [3.63, 3.8) is 0 Å². The second-order valence-corrected chi connectivity index (χ2v) is 7.52. The lowest BCUT2D eigenvalue weighted by Crippen LogP contribution is -2.45. The zero-order valence-electron chi connectivity index (χ0n) is 16.6. The number of hydrogen-bond acceptors (Lipinski definition) is 6. The third-order valence-electron chi connectivity index (χ3n) is 5.03. The van der Waals surface area contributed by atoms with Crippen LogP contribution in [0.5, 0.6) is 0 Å². The van der Waals surface area contributed by atoms with Crippen LogP contribution in [0.25, 0.3) is 0 Å². The quantitative estimate of drug-likeness (QED) is 0.292. The number of Topliss-reactive ketones (excluding diaryl/α,β-unsaturated/α-hetero) is 3. The highest BCUT2D eigenvalue weighted by Crippen LogP contribution is 2.44. The molecule has 0 N–H and O–H groups in total. The summed E-state index contributed by atoms with van der Waals surface area (Å²) in [5.41, 5.74) is -3.85. The van der Waals surface area contributed by atoms with Crippen LogP contribution in [0.2, 0.25) is 0 Å². The first-order chi connectivity index (χ1) is 13.7. The van der Waals surface area contributed by atoms with E-state index in [1.54, 1.807) is 13.8 Å². The average molecular weight is 437 g/mol. The maximum Gasteiger partial charge on any atom is 0.459 e. The molecule has 1 atom stereocenters. The van der Waals surface area contributed by atoms with Crippen LogP contribution in [0, 0.1) is 11.3 Å². The van der Waals surface area contributed by atoms with E-state index < -0.39 is 64.0 Å². The Morgan fingerprint density at radius 1 is 1.13 bits per heavy atom. The number of halogens is 5. The topological polar surface area (TPSA) is 82.6 Å². The van der Waals surface area contributed by atoms with Gasteiger partial charge in [0.2, 0.25) is 6.29 Å². The van der Waals surface area contributed by atoms with Crippen LogP contribution in [0.4, 0.5) is 22.0 Å². The zero-order valence-corrected chi connectivity index (χ0v) is 16.6. The van der Waals surface area contributed by atoms with Gasteiger partial charge in [0.25, 0.3) is 0 Å². The van der Waals surface area contributed by atoms with E-state index in [4.69, 9.17) is 9.47 Å². The van der Waals surface area contributed by atoms with E-state index >= 15 is 0 Å². The van der Waals surface area contributed by atoms with Crippen LogP contribution in [0.15, 0.2) is 12.1 Å². The molecule has 166 valence electrons. The van der Waals surface area contributed by atoms with E-state index in [0.29, 0.717) is 12.1 Å². The molecular formula is C19H20F5NO5. The van der Waals surface area contributed by atoms with Gasteiger partial charge in [-0.3, -0.25) is 14.4 Å². The Hall–Kier alpha value is -2.27. The van der Waals surface area contributed by atoms with Gasteiger partial charge < -0.3 is 9.47 Å². The lowest BCUT2D eigenvalue weighted by Gasteiger charge is -2.32. The van der Waals surface area contributed by atoms with Gasteiger partial charge in [0.15, 0.2) is 17.3 Å². The van der Waals surface area contributed by atoms with Crippen molar-refractivity contribution in [2.75, 3.05) is 14.2 Å². The van der Waals surface area contributed by atoms with Gasteiger partial charge in [-0.25, -0.2) is 4.98 Å². The van der Waals surface area contributed by atoms with E-state index in [9.17, 15) is 36.3 Å². The fourth-order valence-electron chi connectivity index (χ4n) is 3.16. The summed E-state index contributed by atoms with van der Waals surface area (Å²) in [4.78, 5) is 41.3. The Morgan fingerprint density at radius 2 is 1.70 bits per heavy atom. The molecule has 2 rings (SSSR count). The summed E-state index contributed by atoms with van der Waals surface area (Å²) in [7, 11) is 2.11. The molecule has 0 aliphatic heterocycles. The summed E-state index contributed by atoms with van der Waals surface area (Å²) in [6.45, 7) is 3.11. The minimum absolute atomic E-state index is 0.0554. The van der Waals surface area contributed by atoms with Crippen molar-refractivity contribution < 1.29 is 45.8 Å². The molecule has 0 bridgehead atoms. The summed E-state index contributed by atoms with van der Waals surface area (Å²) >= 11 is 0. The van der Waals surface area contributed by atoms with E-state index in [-0.39, 0.29) is 12.8 Å². The van der Waals surface area contributed by atoms with Gasteiger partial charge in [0.1, 0.15) is 17.3 Å². The molecule has 1 fully saturated rings. The maximum atomic E-state index is 13.8. The van der Waals surface area contributed by atoms with Crippen molar-refractivity contribution in [2.24, 2.45) is 11.3 Å². The summed E-state index contributed by atoms with van der Waals surface area (Å²) in [6.07, 6.45) is -7.35. The summed E-state index contributed by atoms with van der Waals surface area (Å²) in [6, 6.07) is 1.00. The number of alkyl halides is 5. The van der Waals surface area contributed by atoms with Crippen molar-refractivity contribution in [3.05, 3.63) is 29.1 Å². The van der Waals surface area contributed by atoms with Crippen LogP contribution >= 0.6 is 0 Å². The number of carbonyl (C=O) groups excluding carboxylic acids is 3. The second kappa shape index (κ2) is 8.10. The van der Waals surface area contributed by atoms with Gasteiger partial charge in [-0.15, -0.1) is 0 Å². The Labute approximate surface area is 168 Å². The van der Waals surface area contributed by atoms with Gasteiger partial charge >= 0.3 is 12.1 Å². The number of ketones is 3. The van der Waals surface area contributed by atoms with Gasteiger partial charge in [-0.05, 0) is 18.6 Å². The number of rotatable bonds is 6. The van der Waals surface area contributed by atoms with E-state index in [0.717, 1.165) is 14.2 Å². The minimum Gasteiger partial charge on any atom is -0.350 e. The smallest absolute Gasteiger partial charge is 0.350 e.